The summed E-state index contributed by atoms with van der Waals surface area (Å²) in [4.78, 5) is 2.32. The summed E-state index contributed by atoms with van der Waals surface area (Å²) in [6, 6.07) is 0. The first-order chi connectivity index (χ1) is 9.53. The average Bonchev–Trinajstić information content (AvgIpc) is 2.87. The van der Waals surface area contributed by atoms with Crippen molar-refractivity contribution in [3.63, 3.8) is 0 Å². The van der Waals surface area contributed by atoms with Crippen LogP contribution in [0.4, 0.5) is 0 Å². The fourth-order valence-corrected chi connectivity index (χ4v) is 2.85. The van der Waals surface area contributed by atoms with Gasteiger partial charge in [-0.05, 0) is 19.5 Å². The Kier molecular flexibility index (Phi) is 7.14. The van der Waals surface area contributed by atoms with Crippen LogP contribution in [0.5, 0.6) is 0 Å². The second-order valence-electron chi connectivity index (χ2n) is 4.49. The average molecular weight is 304 g/mol. The molecule has 0 aliphatic carbocycles. The number of nitrogens with zero attached hydrogens (tertiary/aromatic N) is 3. The first-order valence-corrected chi connectivity index (χ1v) is 8.37. The van der Waals surface area contributed by atoms with Gasteiger partial charge >= 0.3 is 0 Å². The van der Waals surface area contributed by atoms with Crippen molar-refractivity contribution in [1.82, 2.24) is 19.4 Å². The van der Waals surface area contributed by atoms with Crippen molar-refractivity contribution < 1.29 is 13.5 Å². The highest BCUT2D eigenvalue weighted by molar-refractivity contribution is 7.89. The molecular formula is C12H24N4O3S. The number of aliphatic hydroxyl groups is 1. The number of hydrogen-bond donors (Lipinski definition) is 2. The third-order valence-corrected chi connectivity index (χ3v) is 4.37. The third kappa shape index (κ3) is 5.20. The molecule has 116 valence electrons. The number of likely N-dealkylation sites (N-methyl/N-ethyl adjacent to an activating group) is 1. The summed E-state index contributed by atoms with van der Waals surface area (Å²) in [5.74, 6) is 0. The first-order valence-electron chi connectivity index (χ1n) is 6.88. The Bertz CT molecular complexity index is 487. The van der Waals surface area contributed by atoms with E-state index in [1.165, 1.54) is 17.1 Å². The molecule has 7 nitrogen and oxygen atoms in total. The zero-order valence-electron chi connectivity index (χ0n) is 12.1. The van der Waals surface area contributed by atoms with Gasteiger partial charge in [0.25, 0.3) is 0 Å². The van der Waals surface area contributed by atoms with E-state index in [-0.39, 0.29) is 18.0 Å². The van der Waals surface area contributed by atoms with Gasteiger partial charge in [-0.15, -0.1) is 0 Å². The van der Waals surface area contributed by atoms with Gasteiger partial charge in [-0.3, -0.25) is 4.68 Å². The van der Waals surface area contributed by atoms with Crippen LogP contribution in [0, 0.1) is 0 Å². The van der Waals surface area contributed by atoms with Gasteiger partial charge in [0.05, 0.1) is 19.3 Å². The van der Waals surface area contributed by atoms with E-state index in [1.54, 1.807) is 0 Å². The topological polar surface area (TPSA) is 87.5 Å². The van der Waals surface area contributed by atoms with Gasteiger partial charge < -0.3 is 10.0 Å². The van der Waals surface area contributed by atoms with Crippen molar-refractivity contribution in [2.45, 2.75) is 31.7 Å². The molecule has 0 saturated carbocycles. The smallest absolute Gasteiger partial charge is 0.243 e. The molecule has 1 aromatic heterocycles. The fourth-order valence-electron chi connectivity index (χ4n) is 1.87. The van der Waals surface area contributed by atoms with Gasteiger partial charge in [0.1, 0.15) is 4.90 Å². The molecule has 0 saturated heterocycles. The summed E-state index contributed by atoms with van der Waals surface area (Å²) in [5.41, 5.74) is 0. The molecule has 0 aromatic carbocycles. The maximum atomic E-state index is 12.0. The molecule has 2 N–H and O–H groups in total. The van der Waals surface area contributed by atoms with Crippen LogP contribution in [0.15, 0.2) is 17.3 Å². The highest BCUT2D eigenvalue weighted by Crippen LogP contribution is 2.06. The lowest BCUT2D eigenvalue weighted by Crippen LogP contribution is -2.35. The monoisotopic (exact) mass is 304 g/mol. The number of nitrogens with one attached hydrogen (secondary N) is 1. The Hall–Kier alpha value is -0.960. The quantitative estimate of drug-likeness (QED) is 0.629. The van der Waals surface area contributed by atoms with Crippen molar-refractivity contribution in [3.05, 3.63) is 12.4 Å². The van der Waals surface area contributed by atoms with Crippen LogP contribution in [0.25, 0.3) is 0 Å². The molecule has 8 heteroatoms. The van der Waals surface area contributed by atoms with Gasteiger partial charge in [0, 0.05) is 19.3 Å². The molecule has 0 radical (unpaired) electrons. The zero-order chi connectivity index (χ0) is 15.0. The Morgan fingerprint density at radius 1 is 1.40 bits per heavy atom. The fraction of sp³-hybridized carbons (Fsp3) is 0.750. The second-order valence-corrected chi connectivity index (χ2v) is 6.26. The van der Waals surface area contributed by atoms with Gasteiger partial charge in [-0.1, -0.05) is 13.8 Å². The lowest BCUT2D eigenvalue weighted by molar-refractivity contribution is 0.269. The summed E-state index contributed by atoms with van der Waals surface area (Å²) in [6.07, 6.45) is 3.76. The highest BCUT2D eigenvalue weighted by Gasteiger charge is 2.16. The second kappa shape index (κ2) is 8.35. The molecule has 1 rings (SSSR count). The standard InChI is InChI=1S/C12H24N4O3S/c1-3-6-15(4-2)7-5-14-20(18,19)12-10-13-16(11-12)8-9-17/h10-11,14,17H,3-9H2,1-2H3. The number of rotatable bonds is 10. The normalized spacial score (nSPS) is 12.2. The number of sulfonamides is 1. The van der Waals surface area contributed by atoms with E-state index in [4.69, 9.17) is 5.11 Å². The van der Waals surface area contributed by atoms with Crippen LogP contribution in [0.1, 0.15) is 20.3 Å². The van der Waals surface area contributed by atoms with E-state index in [1.807, 2.05) is 0 Å². The third-order valence-electron chi connectivity index (χ3n) is 2.96. The Labute approximate surface area is 120 Å². The van der Waals surface area contributed by atoms with Crippen molar-refractivity contribution >= 4 is 10.0 Å². The Morgan fingerprint density at radius 3 is 2.75 bits per heavy atom. The molecule has 1 aromatic rings. The molecule has 0 atom stereocenters. The minimum absolute atomic E-state index is 0.0723. The highest BCUT2D eigenvalue weighted by atomic mass is 32.2. The predicted octanol–water partition coefficient (Wildman–Crippen LogP) is -0.114. The predicted molar refractivity (Wildman–Crippen MR) is 76.9 cm³/mol. The van der Waals surface area contributed by atoms with Gasteiger partial charge in [-0.2, -0.15) is 5.10 Å². The maximum absolute atomic E-state index is 12.0. The molecule has 1 heterocycles. The number of aliphatic hydroxyl groups excluding tert-OH is 1. The zero-order valence-corrected chi connectivity index (χ0v) is 12.9. The summed E-state index contributed by atoms with van der Waals surface area (Å²) in [6.45, 7) is 7.31. The van der Waals surface area contributed by atoms with Gasteiger partial charge in [-0.25, -0.2) is 13.1 Å². The van der Waals surface area contributed by atoms with Crippen LogP contribution in [-0.4, -0.2) is 61.0 Å². The summed E-state index contributed by atoms with van der Waals surface area (Å²) in [5, 5.41) is 12.7. The summed E-state index contributed by atoms with van der Waals surface area (Å²) < 4.78 is 28.0. The Balaban J connectivity index is 2.52. The minimum atomic E-state index is -3.52. The molecule has 0 aliphatic heterocycles. The first kappa shape index (κ1) is 17.1. The van der Waals surface area contributed by atoms with Crippen LogP contribution >= 0.6 is 0 Å². The molecule has 0 spiro atoms. The minimum Gasteiger partial charge on any atom is -0.394 e. The summed E-state index contributed by atoms with van der Waals surface area (Å²) in [7, 11) is -3.52. The van der Waals surface area contributed by atoms with Crippen molar-refractivity contribution in [3.8, 4) is 0 Å². The maximum Gasteiger partial charge on any atom is 0.243 e. The number of hydrogen-bond acceptors (Lipinski definition) is 5. The molecule has 20 heavy (non-hydrogen) atoms. The lowest BCUT2D eigenvalue weighted by Gasteiger charge is -2.19. The molecular weight excluding hydrogens is 280 g/mol. The molecule has 0 fully saturated rings. The van der Waals surface area contributed by atoms with Crippen LogP contribution < -0.4 is 4.72 Å². The van der Waals surface area contributed by atoms with E-state index < -0.39 is 10.0 Å². The molecule has 0 bridgehead atoms. The van der Waals surface area contributed by atoms with Gasteiger partial charge in [0.2, 0.25) is 10.0 Å². The molecule has 0 amide bonds. The number of aromatic nitrogens is 2. The SMILES string of the molecule is CCCN(CC)CCNS(=O)(=O)c1cnn(CCO)c1. The van der Waals surface area contributed by atoms with Crippen LogP contribution in [0.3, 0.4) is 0 Å². The lowest BCUT2D eigenvalue weighted by atomic mass is 10.4. The van der Waals surface area contributed by atoms with Gasteiger partial charge in [0.15, 0.2) is 0 Å². The van der Waals surface area contributed by atoms with Crippen LogP contribution in [0.2, 0.25) is 0 Å². The van der Waals surface area contributed by atoms with E-state index >= 15 is 0 Å². The molecule has 0 unspecified atom stereocenters. The van der Waals surface area contributed by atoms with E-state index in [2.05, 4.69) is 28.6 Å². The van der Waals surface area contributed by atoms with Crippen molar-refractivity contribution in [1.29, 1.82) is 0 Å². The van der Waals surface area contributed by atoms with Crippen LogP contribution in [-0.2, 0) is 16.6 Å². The van der Waals surface area contributed by atoms with Crippen molar-refractivity contribution in [2.24, 2.45) is 0 Å². The van der Waals surface area contributed by atoms with E-state index in [9.17, 15) is 8.42 Å². The van der Waals surface area contributed by atoms with Crippen molar-refractivity contribution in [2.75, 3.05) is 32.8 Å². The Morgan fingerprint density at radius 2 is 2.15 bits per heavy atom. The van der Waals surface area contributed by atoms with E-state index in [0.717, 1.165) is 19.5 Å². The molecule has 0 aliphatic rings. The summed E-state index contributed by atoms with van der Waals surface area (Å²) >= 11 is 0. The van der Waals surface area contributed by atoms with E-state index in [0.29, 0.717) is 13.1 Å². The largest absolute Gasteiger partial charge is 0.394 e.